The Kier molecular flexibility index (Phi) is 5.00. The van der Waals surface area contributed by atoms with Crippen molar-refractivity contribution in [2.24, 2.45) is 0 Å². The van der Waals surface area contributed by atoms with Crippen molar-refractivity contribution in [3.8, 4) is 5.75 Å². The number of imide groups is 1. The molecule has 1 aliphatic rings. The lowest BCUT2D eigenvalue weighted by Gasteiger charge is -2.24. The van der Waals surface area contributed by atoms with Crippen molar-refractivity contribution >= 4 is 12.0 Å². The molecule has 1 saturated heterocycles. The maximum Gasteiger partial charge on any atom is 0.417 e. The Bertz CT molecular complexity index is 744. The van der Waals surface area contributed by atoms with Gasteiger partial charge in [0.15, 0.2) is 0 Å². The molecule has 0 unspecified atom stereocenters. The molecule has 0 aromatic heterocycles. The molecule has 2 aromatic rings. The van der Waals surface area contributed by atoms with Crippen molar-refractivity contribution in [1.82, 2.24) is 4.90 Å². The molecule has 0 saturated carbocycles. The molecule has 1 fully saturated rings. The summed E-state index contributed by atoms with van der Waals surface area (Å²) in [5.74, 6) is -0.678. The van der Waals surface area contributed by atoms with Crippen molar-refractivity contribution in [3.05, 3.63) is 65.7 Å². The van der Waals surface area contributed by atoms with Crippen molar-refractivity contribution in [1.29, 1.82) is 0 Å². The zero-order chi connectivity index (χ0) is 17.8. The molecule has 0 aliphatic carbocycles. The van der Waals surface area contributed by atoms with E-state index in [4.69, 9.17) is 9.47 Å². The molecule has 0 radical (unpaired) electrons. The maximum atomic E-state index is 13.0. The minimum absolute atomic E-state index is 0.106. The fraction of sp³-hybridized carbons (Fsp3) is 0.263. The third-order valence-electron chi connectivity index (χ3n) is 4.29. The minimum atomic E-state index is -0.845. The van der Waals surface area contributed by atoms with Gasteiger partial charge < -0.3 is 14.6 Å². The normalized spacial score (nSPS) is 17.9. The van der Waals surface area contributed by atoms with E-state index < -0.39 is 30.6 Å². The Morgan fingerprint density at radius 1 is 1.24 bits per heavy atom. The predicted molar refractivity (Wildman–Crippen MR) is 90.2 cm³/mol. The zero-order valence-electron chi connectivity index (χ0n) is 13.8. The first kappa shape index (κ1) is 17.0. The quantitative estimate of drug-likeness (QED) is 0.904. The van der Waals surface area contributed by atoms with Gasteiger partial charge in [0.25, 0.3) is 0 Å². The van der Waals surface area contributed by atoms with Gasteiger partial charge in [-0.05, 0) is 23.3 Å². The highest BCUT2D eigenvalue weighted by molar-refractivity contribution is 5.97. The van der Waals surface area contributed by atoms with Crippen molar-refractivity contribution < 1.29 is 24.2 Å². The summed E-state index contributed by atoms with van der Waals surface area (Å²) in [6, 6.07) is 15.6. The summed E-state index contributed by atoms with van der Waals surface area (Å²) in [5.41, 5.74) is 1.42. The Morgan fingerprint density at radius 3 is 2.52 bits per heavy atom. The van der Waals surface area contributed by atoms with Crippen LogP contribution in [0.1, 0.15) is 23.1 Å². The molecule has 1 aliphatic heterocycles. The number of hydrogen-bond donors (Lipinski definition) is 1. The van der Waals surface area contributed by atoms with Crippen LogP contribution >= 0.6 is 0 Å². The molecule has 1 heterocycles. The largest absolute Gasteiger partial charge is 0.497 e. The van der Waals surface area contributed by atoms with E-state index >= 15 is 0 Å². The number of benzene rings is 2. The molecular weight excluding hydrogens is 322 g/mol. The zero-order valence-corrected chi connectivity index (χ0v) is 13.8. The van der Waals surface area contributed by atoms with Gasteiger partial charge >= 0.3 is 6.09 Å². The van der Waals surface area contributed by atoms with Crippen molar-refractivity contribution in [2.75, 3.05) is 20.3 Å². The van der Waals surface area contributed by atoms with Crippen LogP contribution in [-0.2, 0) is 9.53 Å². The number of aliphatic hydroxyl groups is 1. The summed E-state index contributed by atoms with van der Waals surface area (Å²) in [4.78, 5) is 26.2. The Balaban J connectivity index is 1.88. The van der Waals surface area contributed by atoms with Crippen LogP contribution in [0.3, 0.4) is 0 Å². The van der Waals surface area contributed by atoms with Gasteiger partial charge in [0.1, 0.15) is 18.4 Å². The van der Waals surface area contributed by atoms with Gasteiger partial charge in [-0.1, -0.05) is 42.5 Å². The standard InChI is InChI=1S/C19H19NO5/c1-24-15-9-7-13(8-10-15)16(11-21)18(22)20-17(12-25-19(20)23)14-5-3-2-4-6-14/h2-10,16-17,21H,11-12H2,1H3/t16-,17+/m0/s1. The Hall–Kier alpha value is -2.86. The SMILES string of the molecule is COc1ccc([C@H](CO)C(=O)N2C(=O)OC[C@@H]2c2ccccc2)cc1. The highest BCUT2D eigenvalue weighted by Gasteiger charge is 2.41. The van der Waals surface area contributed by atoms with Crippen LogP contribution in [0.15, 0.2) is 54.6 Å². The number of nitrogens with zero attached hydrogens (tertiary/aromatic N) is 1. The monoisotopic (exact) mass is 341 g/mol. The van der Waals surface area contributed by atoms with Gasteiger partial charge in [-0.25, -0.2) is 9.69 Å². The number of hydrogen-bond acceptors (Lipinski definition) is 5. The smallest absolute Gasteiger partial charge is 0.417 e. The molecule has 0 spiro atoms. The van der Waals surface area contributed by atoms with Gasteiger partial charge in [0.05, 0.1) is 19.6 Å². The third-order valence-corrected chi connectivity index (χ3v) is 4.29. The van der Waals surface area contributed by atoms with Gasteiger partial charge in [0.2, 0.25) is 5.91 Å². The summed E-state index contributed by atoms with van der Waals surface area (Å²) in [6.07, 6.45) is -0.689. The van der Waals surface area contributed by atoms with Gasteiger partial charge in [-0.2, -0.15) is 0 Å². The molecule has 130 valence electrons. The van der Waals surface area contributed by atoms with E-state index in [1.54, 1.807) is 31.4 Å². The van der Waals surface area contributed by atoms with Crippen LogP contribution in [0.25, 0.3) is 0 Å². The van der Waals surface area contributed by atoms with E-state index in [0.717, 1.165) is 10.5 Å². The number of cyclic esters (lactones) is 1. The van der Waals surface area contributed by atoms with Crippen LogP contribution in [0.4, 0.5) is 4.79 Å². The molecule has 2 aromatic carbocycles. The van der Waals surface area contributed by atoms with E-state index in [-0.39, 0.29) is 6.61 Å². The third kappa shape index (κ3) is 3.34. The summed E-state index contributed by atoms with van der Waals surface area (Å²) >= 11 is 0. The summed E-state index contributed by atoms with van der Waals surface area (Å²) < 4.78 is 10.2. The molecule has 3 rings (SSSR count). The molecule has 2 amide bonds. The molecular formula is C19H19NO5. The van der Waals surface area contributed by atoms with Crippen LogP contribution in [0.2, 0.25) is 0 Å². The number of rotatable bonds is 5. The highest BCUT2D eigenvalue weighted by atomic mass is 16.6. The number of aliphatic hydroxyl groups excluding tert-OH is 1. The molecule has 25 heavy (non-hydrogen) atoms. The summed E-state index contributed by atoms with van der Waals surface area (Å²) in [6.45, 7) is -0.300. The minimum Gasteiger partial charge on any atom is -0.497 e. The lowest BCUT2D eigenvalue weighted by atomic mass is 9.97. The van der Waals surface area contributed by atoms with Crippen molar-refractivity contribution in [3.63, 3.8) is 0 Å². The van der Waals surface area contributed by atoms with Crippen LogP contribution in [-0.4, -0.2) is 42.3 Å². The number of methoxy groups -OCH3 is 1. The molecule has 2 atom stereocenters. The maximum absolute atomic E-state index is 13.0. The molecule has 6 heteroatoms. The number of carbonyl (C=O) groups excluding carboxylic acids is 2. The van der Waals surface area contributed by atoms with Crippen molar-refractivity contribution in [2.45, 2.75) is 12.0 Å². The first-order valence-corrected chi connectivity index (χ1v) is 7.95. The van der Waals surface area contributed by atoms with Crippen LogP contribution in [0.5, 0.6) is 5.75 Å². The van der Waals surface area contributed by atoms with E-state index in [9.17, 15) is 14.7 Å². The Morgan fingerprint density at radius 2 is 1.92 bits per heavy atom. The Labute approximate surface area is 145 Å². The second-order valence-corrected chi connectivity index (χ2v) is 5.72. The number of ether oxygens (including phenoxy) is 2. The van der Waals surface area contributed by atoms with Gasteiger partial charge in [0, 0.05) is 0 Å². The number of amides is 2. The lowest BCUT2D eigenvalue weighted by Crippen LogP contribution is -2.38. The van der Waals surface area contributed by atoms with E-state index in [2.05, 4.69) is 0 Å². The molecule has 1 N–H and O–H groups in total. The van der Waals surface area contributed by atoms with E-state index in [1.807, 2.05) is 30.3 Å². The number of carbonyl (C=O) groups is 2. The highest BCUT2D eigenvalue weighted by Crippen LogP contribution is 2.31. The lowest BCUT2D eigenvalue weighted by molar-refractivity contribution is -0.131. The fourth-order valence-electron chi connectivity index (χ4n) is 2.92. The fourth-order valence-corrected chi connectivity index (χ4v) is 2.92. The summed E-state index contributed by atoms with van der Waals surface area (Å²) in [5, 5.41) is 9.75. The second-order valence-electron chi connectivity index (χ2n) is 5.72. The van der Waals surface area contributed by atoms with Crippen LogP contribution in [0, 0.1) is 0 Å². The van der Waals surface area contributed by atoms with Crippen LogP contribution < -0.4 is 4.74 Å². The second kappa shape index (κ2) is 7.36. The average Bonchev–Trinajstić information content (AvgIpc) is 3.05. The average molecular weight is 341 g/mol. The molecule has 0 bridgehead atoms. The topological polar surface area (TPSA) is 76.1 Å². The first-order valence-electron chi connectivity index (χ1n) is 7.95. The molecule has 6 nitrogen and oxygen atoms in total. The predicted octanol–water partition coefficient (Wildman–Crippen LogP) is 2.49. The van der Waals surface area contributed by atoms with Gasteiger partial charge in [-0.15, -0.1) is 0 Å². The summed E-state index contributed by atoms with van der Waals surface area (Å²) in [7, 11) is 1.55. The van der Waals surface area contributed by atoms with E-state index in [0.29, 0.717) is 11.3 Å². The van der Waals surface area contributed by atoms with E-state index in [1.165, 1.54) is 0 Å². The first-order chi connectivity index (χ1) is 12.2. The van der Waals surface area contributed by atoms with Gasteiger partial charge in [-0.3, -0.25) is 4.79 Å².